The summed E-state index contributed by atoms with van der Waals surface area (Å²) < 4.78 is 20.3. The van der Waals surface area contributed by atoms with E-state index >= 15 is 0 Å². The molecule has 3 rings (SSSR count). The van der Waals surface area contributed by atoms with E-state index in [9.17, 15) is 14.0 Å². The van der Waals surface area contributed by atoms with Crippen LogP contribution in [0.15, 0.2) is 53.5 Å². The zero-order valence-corrected chi connectivity index (χ0v) is 13.7. The number of carbonyl (C=O) groups is 1. The van der Waals surface area contributed by atoms with Gasteiger partial charge in [-0.15, -0.1) is 0 Å². The van der Waals surface area contributed by atoms with Crippen molar-refractivity contribution in [2.75, 3.05) is 5.32 Å². The van der Waals surface area contributed by atoms with E-state index in [1.165, 1.54) is 29.5 Å². The van der Waals surface area contributed by atoms with E-state index in [4.69, 9.17) is 4.74 Å². The summed E-state index contributed by atoms with van der Waals surface area (Å²) in [5.74, 6) is -1.16. The third kappa shape index (κ3) is 3.35. The van der Waals surface area contributed by atoms with Gasteiger partial charge in [0.2, 0.25) is 0 Å². The molecule has 0 aliphatic heterocycles. The van der Waals surface area contributed by atoms with Gasteiger partial charge in [0.25, 0.3) is 11.5 Å². The number of carbonyl (C=O) groups excluding carboxylic acids is 1. The molecule has 0 radical (unpaired) electrons. The monoisotopic (exact) mass is 341 g/mol. The Morgan fingerprint density at radius 1 is 1.24 bits per heavy atom. The van der Waals surface area contributed by atoms with E-state index in [0.29, 0.717) is 11.3 Å². The van der Waals surface area contributed by atoms with Crippen LogP contribution in [0.5, 0.6) is 5.75 Å². The van der Waals surface area contributed by atoms with E-state index in [-0.39, 0.29) is 11.4 Å². The Kier molecular flexibility index (Phi) is 4.47. The fourth-order valence-electron chi connectivity index (χ4n) is 2.35. The quantitative estimate of drug-likeness (QED) is 0.791. The molecule has 2 aromatic heterocycles. The predicted octanol–water partition coefficient (Wildman–Crippen LogP) is 2.55. The summed E-state index contributed by atoms with van der Waals surface area (Å²) in [7, 11) is 0. The van der Waals surface area contributed by atoms with Gasteiger partial charge in [-0.2, -0.15) is 0 Å². The number of hydrogen-bond acceptors (Lipinski definition) is 4. The topological polar surface area (TPSA) is 72.7 Å². The van der Waals surface area contributed by atoms with Crippen LogP contribution in [-0.4, -0.2) is 21.4 Å². The Morgan fingerprint density at radius 2 is 1.96 bits per heavy atom. The van der Waals surface area contributed by atoms with Crippen LogP contribution in [0, 0.1) is 12.7 Å². The maximum atomic E-state index is 13.6. The highest BCUT2D eigenvalue weighted by atomic mass is 19.1. The minimum Gasteiger partial charge on any atom is -0.478 e. The van der Waals surface area contributed by atoms with Gasteiger partial charge in [0.15, 0.2) is 17.7 Å². The molecular formula is C18H16FN3O3. The van der Waals surface area contributed by atoms with Crippen molar-refractivity contribution in [3.05, 3.63) is 70.5 Å². The molecule has 0 fully saturated rings. The molecule has 1 amide bonds. The molecule has 0 spiro atoms. The van der Waals surface area contributed by atoms with Crippen molar-refractivity contribution in [1.29, 1.82) is 0 Å². The maximum Gasteiger partial charge on any atom is 0.281 e. The summed E-state index contributed by atoms with van der Waals surface area (Å²) in [5, 5.41) is 2.53. The molecule has 6 nitrogen and oxygen atoms in total. The average molecular weight is 341 g/mol. The Bertz CT molecular complexity index is 1000. The summed E-state index contributed by atoms with van der Waals surface area (Å²) in [5.41, 5.74) is 0.550. The van der Waals surface area contributed by atoms with Crippen LogP contribution < -0.4 is 15.6 Å². The van der Waals surface area contributed by atoms with Gasteiger partial charge in [-0.25, -0.2) is 9.37 Å². The van der Waals surface area contributed by atoms with Gasteiger partial charge in [0, 0.05) is 6.20 Å². The van der Waals surface area contributed by atoms with Crippen LogP contribution in [0.3, 0.4) is 0 Å². The summed E-state index contributed by atoms with van der Waals surface area (Å²) in [6.45, 7) is 3.11. The van der Waals surface area contributed by atoms with Crippen LogP contribution in [0.4, 0.5) is 10.1 Å². The Balaban J connectivity index is 1.84. The fraction of sp³-hybridized carbons (Fsp3) is 0.167. The number of rotatable bonds is 4. The first-order valence-electron chi connectivity index (χ1n) is 7.67. The number of aryl methyl sites for hydroxylation is 1. The van der Waals surface area contributed by atoms with Crippen LogP contribution in [0.2, 0.25) is 0 Å². The van der Waals surface area contributed by atoms with Gasteiger partial charge < -0.3 is 10.1 Å². The molecular weight excluding hydrogens is 325 g/mol. The van der Waals surface area contributed by atoms with E-state index in [2.05, 4.69) is 10.3 Å². The van der Waals surface area contributed by atoms with E-state index in [1.54, 1.807) is 37.4 Å². The first-order chi connectivity index (χ1) is 12.0. The number of para-hydroxylation sites is 1. The second kappa shape index (κ2) is 6.72. The highest BCUT2D eigenvalue weighted by Gasteiger charge is 2.20. The number of ether oxygens (including phenoxy) is 1. The number of benzene rings is 1. The molecule has 25 heavy (non-hydrogen) atoms. The van der Waals surface area contributed by atoms with E-state index in [1.807, 2.05) is 0 Å². The second-order valence-electron chi connectivity index (χ2n) is 5.49. The van der Waals surface area contributed by atoms with Crippen molar-refractivity contribution in [2.24, 2.45) is 0 Å². The first-order valence-corrected chi connectivity index (χ1v) is 7.67. The summed E-state index contributed by atoms with van der Waals surface area (Å²) in [6.07, 6.45) is 0.575. The molecule has 1 unspecified atom stereocenters. The van der Waals surface area contributed by atoms with Gasteiger partial charge in [-0.05, 0) is 38.1 Å². The standard InChI is InChI=1S/C18H16FN3O3/c1-11-16(18(24)22-10-6-5-9-15(22)20-11)21-17(23)12(2)25-14-8-4-3-7-13(14)19/h3-10,12H,1-2H3,(H,21,23). The molecule has 1 atom stereocenters. The number of halogens is 1. The van der Waals surface area contributed by atoms with Gasteiger partial charge in [-0.3, -0.25) is 14.0 Å². The molecule has 0 saturated heterocycles. The van der Waals surface area contributed by atoms with Crippen molar-refractivity contribution in [3.8, 4) is 5.75 Å². The number of aromatic nitrogens is 2. The van der Waals surface area contributed by atoms with Gasteiger partial charge in [0.05, 0.1) is 5.69 Å². The highest BCUT2D eigenvalue weighted by molar-refractivity contribution is 5.94. The molecule has 0 aliphatic carbocycles. The number of nitrogens with one attached hydrogen (secondary N) is 1. The van der Waals surface area contributed by atoms with Crippen molar-refractivity contribution < 1.29 is 13.9 Å². The maximum absolute atomic E-state index is 13.6. The molecule has 0 bridgehead atoms. The lowest BCUT2D eigenvalue weighted by molar-refractivity contribution is -0.122. The lowest BCUT2D eigenvalue weighted by atomic mass is 10.3. The van der Waals surface area contributed by atoms with Gasteiger partial charge >= 0.3 is 0 Å². The number of hydrogen-bond donors (Lipinski definition) is 1. The normalized spacial score (nSPS) is 12.0. The number of anilines is 1. The molecule has 1 N–H and O–H groups in total. The van der Waals surface area contributed by atoms with Crippen molar-refractivity contribution in [2.45, 2.75) is 20.0 Å². The Hall–Kier alpha value is -3.22. The third-order valence-electron chi connectivity index (χ3n) is 3.67. The van der Waals surface area contributed by atoms with Crippen LogP contribution in [0.1, 0.15) is 12.6 Å². The van der Waals surface area contributed by atoms with Crippen LogP contribution in [-0.2, 0) is 4.79 Å². The molecule has 1 aromatic carbocycles. The minimum absolute atomic E-state index is 0.0322. The summed E-state index contributed by atoms with van der Waals surface area (Å²) in [6, 6.07) is 11.0. The van der Waals surface area contributed by atoms with Gasteiger partial charge in [-0.1, -0.05) is 18.2 Å². The lowest BCUT2D eigenvalue weighted by Crippen LogP contribution is -2.33. The average Bonchev–Trinajstić information content (AvgIpc) is 2.60. The first kappa shape index (κ1) is 16.6. The molecule has 0 saturated carbocycles. The lowest BCUT2D eigenvalue weighted by Gasteiger charge is -2.16. The van der Waals surface area contributed by atoms with Crippen LogP contribution >= 0.6 is 0 Å². The Labute approximate surface area is 142 Å². The smallest absolute Gasteiger partial charge is 0.281 e. The van der Waals surface area contributed by atoms with Crippen molar-refractivity contribution in [3.63, 3.8) is 0 Å². The largest absolute Gasteiger partial charge is 0.478 e. The van der Waals surface area contributed by atoms with Crippen molar-refractivity contribution >= 4 is 17.2 Å². The predicted molar refractivity (Wildman–Crippen MR) is 91.3 cm³/mol. The molecule has 2 heterocycles. The van der Waals surface area contributed by atoms with Gasteiger partial charge in [0.1, 0.15) is 11.3 Å². The van der Waals surface area contributed by atoms with Crippen molar-refractivity contribution in [1.82, 2.24) is 9.38 Å². The Morgan fingerprint density at radius 3 is 2.72 bits per heavy atom. The second-order valence-corrected chi connectivity index (χ2v) is 5.49. The summed E-state index contributed by atoms with van der Waals surface area (Å²) in [4.78, 5) is 29.2. The van der Waals surface area contributed by atoms with E-state index < -0.39 is 23.4 Å². The number of fused-ring (bicyclic) bond motifs is 1. The van der Waals surface area contributed by atoms with E-state index in [0.717, 1.165) is 0 Å². The molecule has 128 valence electrons. The number of nitrogens with zero attached hydrogens (tertiary/aromatic N) is 2. The fourth-order valence-corrected chi connectivity index (χ4v) is 2.35. The zero-order chi connectivity index (χ0) is 18.0. The zero-order valence-electron chi connectivity index (χ0n) is 13.7. The number of pyridine rings is 1. The SMILES string of the molecule is Cc1nc2ccccn2c(=O)c1NC(=O)C(C)Oc1ccccc1F. The number of amides is 1. The highest BCUT2D eigenvalue weighted by Crippen LogP contribution is 2.17. The molecule has 7 heteroatoms. The summed E-state index contributed by atoms with van der Waals surface area (Å²) >= 11 is 0. The molecule has 0 aliphatic rings. The van der Waals surface area contributed by atoms with Crippen LogP contribution in [0.25, 0.3) is 5.65 Å². The minimum atomic E-state index is -0.993. The third-order valence-corrected chi connectivity index (χ3v) is 3.67. The molecule has 3 aromatic rings.